The number of fused-ring (bicyclic) bond motifs is 1. The maximum Gasteiger partial charge on any atom is 0.336 e. The Hall–Kier alpha value is -3.80. The summed E-state index contributed by atoms with van der Waals surface area (Å²) in [5.74, 6) is -2.62. The van der Waals surface area contributed by atoms with Gasteiger partial charge in [-0.05, 0) is 25.1 Å². The predicted molar refractivity (Wildman–Crippen MR) is 109 cm³/mol. The smallest absolute Gasteiger partial charge is 0.336 e. The van der Waals surface area contributed by atoms with E-state index in [-0.39, 0.29) is 22.9 Å². The zero-order chi connectivity index (χ0) is 23.0. The second-order valence-corrected chi connectivity index (χ2v) is 7.75. The van der Waals surface area contributed by atoms with Gasteiger partial charge in [0, 0.05) is 18.2 Å². The van der Waals surface area contributed by atoms with Crippen molar-refractivity contribution in [3.05, 3.63) is 46.2 Å². The Morgan fingerprint density at radius 3 is 1.71 bits per heavy atom. The first-order valence-corrected chi connectivity index (χ1v) is 9.87. The van der Waals surface area contributed by atoms with Gasteiger partial charge >= 0.3 is 17.9 Å². The molecule has 9 nitrogen and oxygen atoms in total. The largest absolute Gasteiger partial charge is 0.466 e. The Bertz CT molecular complexity index is 1120. The molecule has 1 aliphatic rings. The third-order valence-corrected chi connectivity index (χ3v) is 5.92. The lowest BCUT2D eigenvalue weighted by molar-refractivity contribution is -0.135. The molecule has 0 amide bonds. The Labute approximate surface area is 184 Å². The number of allylic oxidation sites excluding steroid dienone is 2. The molecule has 1 aromatic carbocycles. The molecule has 2 rings (SSSR count). The van der Waals surface area contributed by atoms with Crippen LogP contribution in [0.25, 0.3) is 0 Å². The number of nitriles is 2. The van der Waals surface area contributed by atoms with Crippen molar-refractivity contribution in [1.29, 1.82) is 10.5 Å². The van der Waals surface area contributed by atoms with Gasteiger partial charge in [0.2, 0.25) is 0 Å². The van der Waals surface area contributed by atoms with E-state index in [1.807, 2.05) is 0 Å². The molecule has 0 saturated heterocycles. The van der Waals surface area contributed by atoms with Gasteiger partial charge in [0.1, 0.15) is 29.2 Å². The number of rotatable bonds is 6. The molecule has 0 saturated carbocycles. The van der Waals surface area contributed by atoms with E-state index in [1.165, 1.54) is 19.1 Å². The summed E-state index contributed by atoms with van der Waals surface area (Å²) in [5.41, 5.74) is -0.164. The van der Waals surface area contributed by atoms with E-state index < -0.39 is 17.9 Å². The van der Waals surface area contributed by atoms with Gasteiger partial charge in [-0.3, -0.25) is 4.79 Å². The molecule has 1 aromatic rings. The van der Waals surface area contributed by atoms with E-state index in [9.17, 15) is 19.2 Å². The van der Waals surface area contributed by atoms with Crippen LogP contribution in [0, 0.1) is 22.7 Å². The highest BCUT2D eigenvalue weighted by Crippen LogP contribution is 2.58. The molecular formula is C20H12N2O7S2. The van der Waals surface area contributed by atoms with Crippen LogP contribution in [0.4, 0.5) is 0 Å². The molecular weight excluding hydrogens is 444 g/mol. The molecule has 1 aliphatic heterocycles. The first kappa shape index (κ1) is 23.5. The number of thioether (sulfide) groups is 2. The van der Waals surface area contributed by atoms with E-state index in [4.69, 9.17) is 20.0 Å². The number of carbonyl (C=O) groups is 4. The van der Waals surface area contributed by atoms with Gasteiger partial charge in [-0.1, -0.05) is 23.5 Å². The fourth-order valence-electron chi connectivity index (χ4n) is 1.98. The second-order valence-electron chi connectivity index (χ2n) is 5.45. The highest BCUT2D eigenvalue weighted by Gasteiger charge is 2.29. The first-order chi connectivity index (χ1) is 14.8. The Kier molecular flexibility index (Phi) is 8.20. The van der Waals surface area contributed by atoms with Crippen molar-refractivity contribution in [2.24, 2.45) is 0 Å². The minimum absolute atomic E-state index is 0.0660. The zero-order valence-corrected chi connectivity index (χ0v) is 17.7. The zero-order valence-electron chi connectivity index (χ0n) is 16.0. The maximum absolute atomic E-state index is 12.0. The number of esters is 3. The molecule has 0 aliphatic carbocycles. The number of hydrogen-bond acceptors (Lipinski definition) is 11. The highest BCUT2D eigenvalue weighted by atomic mass is 32.2. The van der Waals surface area contributed by atoms with Crippen LogP contribution in [0.2, 0.25) is 0 Å². The van der Waals surface area contributed by atoms with E-state index in [0.29, 0.717) is 14.0 Å². The van der Waals surface area contributed by atoms with Crippen molar-refractivity contribution >= 4 is 47.2 Å². The number of hydrogen-bond donors (Lipinski definition) is 0. The number of ketones is 1. The minimum atomic E-state index is -0.870. The molecule has 0 unspecified atom stereocenters. The molecule has 0 atom stereocenters. The number of carbonyl (C=O) groups excluding carboxylic acids is 4. The molecule has 0 fully saturated rings. The average Bonchev–Trinajstić information content (AvgIpc) is 3.19. The third kappa shape index (κ3) is 6.34. The van der Waals surface area contributed by atoms with Crippen LogP contribution in [0.15, 0.2) is 56.0 Å². The summed E-state index contributed by atoms with van der Waals surface area (Å²) in [4.78, 5) is 46.7. The van der Waals surface area contributed by atoms with Crippen molar-refractivity contribution < 1.29 is 33.4 Å². The standard InChI is InChI=1S/C20H12N2O7S2/c1-11(23)3-6-16(25)28-13-4-5-14(29-17(26)8-7-15(24)27-2)19-18(13)30-20(31-19)12(9-21)10-22/h3-8H,1-2H3/b6-3+,8-7+. The number of nitrogens with zero attached hydrogens (tertiary/aromatic N) is 2. The van der Waals surface area contributed by atoms with Crippen molar-refractivity contribution in [3.8, 4) is 23.6 Å². The molecule has 0 N–H and O–H groups in total. The van der Waals surface area contributed by atoms with Gasteiger partial charge in [-0.25, -0.2) is 14.4 Å². The SMILES string of the molecule is COC(=O)/C=C/C(=O)Oc1ccc(OC(=O)/C=C/C(C)=O)c2c1SC(=C(C#N)C#N)S2. The second kappa shape index (κ2) is 10.8. The molecule has 0 aromatic heterocycles. The van der Waals surface area contributed by atoms with Crippen molar-refractivity contribution in [2.45, 2.75) is 16.7 Å². The van der Waals surface area contributed by atoms with Gasteiger partial charge in [0.05, 0.1) is 21.1 Å². The predicted octanol–water partition coefficient (Wildman–Crippen LogP) is 2.83. The molecule has 0 spiro atoms. The monoisotopic (exact) mass is 456 g/mol. The topological polar surface area (TPSA) is 144 Å². The maximum atomic E-state index is 12.0. The number of ether oxygens (including phenoxy) is 3. The van der Waals surface area contributed by atoms with E-state index in [2.05, 4.69) is 4.74 Å². The van der Waals surface area contributed by atoms with Crippen LogP contribution >= 0.6 is 23.5 Å². The summed E-state index contributed by atoms with van der Waals surface area (Å²) in [6.45, 7) is 1.27. The van der Waals surface area contributed by atoms with Gasteiger partial charge in [-0.2, -0.15) is 10.5 Å². The Morgan fingerprint density at radius 2 is 1.29 bits per heavy atom. The summed E-state index contributed by atoms with van der Waals surface area (Å²) in [5, 5.41) is 18.3. The van der Waals surface area contributed by atoms with Gasteiger partial charge in [0.25, 0.3) is 0 Å². The average molecular weight is 456 g/mol. The number of methoxy groups -OCH3 is 1. The van der Waals surface area contributed by atoms with Crippen molar-refractivity contribution in [2.75, 3.05) is 7.11 Å². The van der Waals surface area contributed by atoms with Gasteiger partial charge in [0.15, 0.2) is 5.78 Å². The molecule has 31 heavy (non-hydrogen) atoms. The molecule has 0 bridgehead atoms. The van der Waals surface area contributed by atoms with E-state index >= 15 is 0 Å². The Balaban J connectivity index is 2.40. The summed E-state index contributed by atoms with van der Waals surface area (Å²) < 4.78 is 15.2. The molecule has 156 valence electrons. The highest BCUT2D eigenvalue weighted by molar-refractivity contribution is 8.24. The molecule has 11 heteroatoms. The Morgan fingerprint density at radius 1 is 0.839 bits per heavy atom. The fraction of sp³-hybridized carbons (Fsp3) is 0.100. The lowest BCUT2D eigenvalue weighted by atomic mass is 10.3. The quantitative estimate of drug-likeness (QED) is 0.270. The van der Waals surface area contributed by atoms with Crippen LogP contribution in [-0.4, -0.2) is 30.8 Å². The minimum Gasteiger partial charge on any atom is -0.466 e. The van der Waals surface area contributed by atoms with Gasteiger partial charge < -0.3 is 14.2 Å². The van der Waals surface area contributed by atoms with Gasteiger partial charge in [-0.15, -0.1) is 0 Å². The summed E-state index contributed by atoms with van der Waals surface area (Å²) in [6, 6.07) is 6.26. The third-order valence-electron chi connectivity index (χ3n) is 3.29. The lowest BCUT2D eigenvalue weighted by Gasteiger charge is -2.10. The van der Waals surface area contributed by atoms with Crippen LogP contribution in [-0.2, 0) is 23.9 Å². The normalized spacial score (nSPS) is 12.1. The van der Waals surface area contributed by atoms with E-state index in [1.54, 1.807) is 12.1 Å². The summed E-state index contributed by atoms with van der Waals surface area (Å²) in [6.07, 6.45) is 3.76. The summed E-state index contributed by atoms with van der Waals surface area (Å²) in [7, 11) is 1.15. The van der Waals surface area contributed by atoms with E-state index in [0.717, 1.165) is 54.9 Å². The van der Waals surface area contributed by atoms with Crippen LogP contribution in [0.1, 0.15) is 6.92 Å². The molecule has 0 radical (unpaired) electrons. The first-order valence-electron chi connectivity index (χ1n) is 8.24. The number of benzene rings is 1. The van der Waals surface area contributed by atoms with Crippen molar-refractivity contribution in [1.82, 2.24) is 0 Å². The van der Waals surface area contributed by atoms with Crippen LogP contribution in [0.3, 0.4) is 0 Å². The summed E-state index contributed by atoms with van der Waals surface area (Å²) >= 11 is 1.99. The molecule has 1 heterocycles. The fourth-order valence-corrected chi connectivity index (χ4v) is 4.46. The van der Waals surface area contributed by atoms with Crippen LogP contribution in [0.5, 0.6) is 11.5 Å². The van der Waals surface area contributed by atoms with Crippen LogP contribution < -0.4 is 9.47 Å². The lowest BCUT2D eigenvalue weighted by Crippen LogP contribution is -2.08. The van der Waals surface area contributed by atoms with Crippen molar-refractivity contribution in [3.63, 3.8) is 0 Å².